The van der Waals surface area contributed by atoms with Gasteiger partial charge in [-0.25, -0.2) is 0 Å². The molecule has 0 aliphatic heterocycles. The lowest BCUT2D eigenvalue weighted by molar-refractivity contribution is -0.138. The lowest BCUT2D eigenvalue weighted by Crippen LogP contribution is -2.01. The molecule has 1 aromatic rings. The molecule has 0 heterocycles. The van der Waals surface area contributed by atoms with Crippen LogP contribution < -0.4 is 4.74 Å². The number of aryl methyl sites for hydroxylation is 1. The molecule has 0 amide bonds. The van der Waals surface area contributed by atoms with E-state index in [-0.39, 0.29) is 11.8 Å². The van der Waals surface area contributed by atoms with Crippen LogP contribution in [-0.2, 0) is 4.79 Å². The highest BCUT2D eigenvalue weighted by Crippen LogP contribution is 2.51. The zero-order valence-electron chi connectivity index (χ0n) is 8.86. The first-order valence-corrected chi connectivity index (χ1v) is 5.01. The van der Waals surface area contributed by atoms with E-state index in [1.54, 1.807) is 7.11 Å². The van der Waals surface area contributed by atoms with Crippen molar-refractivity contribution in [2.75, 3.05) is 7.11 Å². The lowest BCUT2D eigenvalue weighted by atomic mass is 10.0. The van der Waals surface area contributed by atoms with Gasteiger partial charge in [0.25, 0.3) is 0 Å². The number of hydrogen-bond acceptors (Lipinski definition) is 2. The van der Waals surface area contributed by atoms with Gasteiger partial charge in [-0.3, -0.25) is 4.79 Å². The predicted molar refractivity (Wildman–Crippen MR) is 56.2 cm³/mol. The first-order valence-electron chi connectivity index (χ1n) is 5.01. The molecule has 3 nitrogen and oxygen atoms in total. The van der Waals surface area contributed by atoms with Crippen LogP contribution in [0.15, 0.2) is 18.2 Å². The number of aliphatic carboxylic acids is 1. The maximum atomic E-state index is 10.8. The van der Waals surface area contributed by atoms with Gasteiger partial charge in [0.2, 0.25) is 0 Å². The third-order valence-corrected chi connectivity index (χ3v) is 2.98. The van der Waals surface area contributed by atoms with Gasteiger partial charge in [-0.15, -0.1) is 0 Å². The van der Waals surface area contributed by atoms with Crippen LogP contribution in [0.25, 0.3) is 0 Å². The first kappa shape index (κ1) is 10.0. The van der Waals surface area contributed by atoms with Crippen LogP contribution in [0.2, 0.25) is 0 Å². The second-order valence-electron chi connectivity index (χ2n) is 3.98. The number of carboxylic acid groups (broad SMARTS) is 1. The van der Waals surface area contributed by atoms with Gasteiger partial charge in [0.05, 0.1) is 13.0 Å². The van der Waals surface area contributed by atoms with E-state index in [1.165, 1.54) is 0 Å². The number of rotatable bonds is 3. The average Bonchev–Trinajstić information content (AvgIpc) is 2.96. The van der Waals surface area contributed by atoms with Gasteiger partial charge in [0, 0.05) is 11.5 Å². The van der Waals surface area contributed by atoms with E-state index in [0.717, 1.165) is 23.3 Å². The summed E-state index contributed by atoms with van der Waals surface area (Å²) in [6.45, 7) is 2.00. The molecular weight excluding hydrogens is 192 g/mol. The zero-order valence-corrected chi connectivity index (χ0v) is 8.86. The molecule has 0 unspecified atom stereocenters. The molecule has 80 valence electrons. The number of carboxylic acids is 1. The number of carbonyl (C=O) groups is 1. The van der Waals surface area contributed by atoms with Gasteiger partial charge >= 0.3 is 5.97 Å². The third kappa shape index (κ3) is 1.69. The Hall–Kier alpha value is -1.51. The van der Waals surface area contributed by atoms with Gasteiger partial charge in [0.15, 0.2) is 0 Å². The van der Waals surface area contributed by atoms with Crippen molar-refractivity contribution in [1.82, 2.24) is 0 Å². The minimum absolute atomic E-state index is 0.138. The normalized spacial score (nSPS) is 23.6. The fraction of sp³-hybridized carbons (Fsp3) is 0.417. The van der Waals surface area contributed by atoms with Crippen molar-refractivity contribution in [2.24, 2.45) is 5.92 Å². The first-order chi connectivity index (χ1) is 7.15. The molecule has 0 radical (unpaired) electrons. The second kappa shape index (κ2) is 3.57. The number of methoxy groups -OCH3 is 1. The van der Waals surface area contributed by atoms with Gasteiger partial charge in [0.1, 0.15) is 5.75 Å². The Morgan fingerprint density at radius 2 is 2.27 bits per heavy atom. The summed E-state index contributed by atoms with van der Waals surface area (Å²) in [5, 5.41) is 8.90. The Morgan fingerprint density at radius 3 is 2.80 bits per heavy atom. The summed E-state index contributed by atoms with van der Waals surface area (Å²) in [6, 6.07) is 5.81. The molecule has 1 aliphatic carbocycles. The minimum atomic E-state index is -0.703. The standard InChI is InChI=1S/C12H14O3/c1-7-4-3-5-10(15-2)11(7)8-6-9(8)12(13)14/h3-5,8-9H,6H2,1-2H3,(H,13,14)/t8-,9-/m1/s1. The molecule has 0 bridgehead atoms. The van der Waals surface area contributed by atoms with Gasteiger partial charge in [-0.2, -0.15) is 0 Å². The molecule has 0 spiro atoms. The summed E-state index contributed by atoms with van der Waals surface area (Å²) in [4.78, 5) is 10.8. The van der Waals surface area contributed by atoms with Crippen molar-refractivity contribution in [3.8, 4) is 5.75 Å². The Kier molecular flexibility index (Phi) is 2.39. The maximum Gasteiger partial charge on any atom is 0.307 e. The van der Waals surface area contributed by atoms with Crippen LogP contribution >= 0.6 is 0 Å². The highest BCUT2D eigenvalue weighted by molar-refractivity contribution is 5.76. The number of hydrogen-bond donors (Lipinski definition) is 1. The largest absolute Gasteiger partial charge is 0.496 e. The zero-order chi connectivity index (χ0) is 11.0. The SMILES string of the molecule is COc1cccc(C)c1[C@@H]1C[C@H]1C(=O)O. The lowest BCUT2D eigenvalue weighted by Gasteiger charge is -2.10. The number of benzene rings is 1. The number of ether oxygens (including phenoxy) is 1. The van der Waals surface area contributed by atoms with Crippen molar-refractivity contribution in [3.05, 3.63) is 29.3 Å². The summed E-state index contributed by atoms with van der Waals surface area (Å²) in [7, 11) is 1.62. The average molecular weight is 206 g/mol. The van der Waals surface area contributed by atoms with Crippen molar-refractivity contribution >= 4 is 5.97 Å². The van der Waals surface area contributed by atoms with Crippen molar-refractivity contribution in [1.29, 1.82) is 0 Å². The molecule has 1 fully saturated rings. The van der Waals surface area contributed by atoms with Crippen LogP contribution in [0.4, 0.5) is 0 Å². The van der Waals surface area contributed by atoms with Crippen molar-refractivity contribution in [3.63, 3.8) is 0 Å². The van der Waals surface area contributed by atoms with Crippen molar-refractivity contribution in [2.45, 2.75) is 19.3 Å². The Bertz CT molecular complexity index is 398. The summed E-state index contributed by atoms with van der Waals surface area (Å²) in [6.07, 6.45) is 0.733. The molecule has 1 N–H and O–H groups in total. The maximum absolute atomic E-state index is 10.8. The molecular formula is C12H14O3. The second-order valence-corrected chi connectivity index (χ2v) is 3.98. The molecule has 15 heavy (non-hydrogen) atoms. The summed E-state index contributed by atoms with van der Waals surface area (Å²) in [5.41, 5.74) is 2.18. The highest BCUT2D eigenvalue weighted by Gasteiger charge is 2.46. The van der Waals surface area contributed by atoms with E-state index in [9.17, 15) is 4.79 Å². The quantitative estimate of drug-likeness (QED) is 0.824. The molecule has 2 atom stereocenters. The molecule has 1 aromatic carbocycles. The van der Waals surface area contributed by atoms with E-state index >= 15 is 0 Å². The minimum Gasteiger partial charge on any atom is -0.496 e. The van der Waals surface area contributed by atoms with E-state index in [2.05, 4.69) is 0 Å². The fourth-order valence-corrected chi connectivity index (χ4v) is 2.09. The predicted octanol–water partition coefficient (Wildman–Crippen LogP) is 2.19. The van der Waals surface area contributed by atoms with Gasteiger partial charge < -0.3 is 9.84 Å². The van der Waals surface area contributed by atoms with Crippen molar-refractivity contribution < 1.29 is 14.6 Å². The molecule has 2 rings (SSSR count). The summed E-state index contributed by atoms with van der Waals surface area (Å²) < 4.78 is 5.26. The Balaban J connectivity index is 2.33. The van der Waals surface area contributed by atoms with Crippen LogP contribution in [0.1, 0.15) is 23.5 Å². The fourth-order valence-electron chi connectivity index (χ4n) is 2.09. The summed E-state index contributed by atoms with van der Waals surface area (Å²) in [5.74, 6) is 0.0210. The summed E-state index contributed by atoms with van der Waals surface area (Å²) >= 11 is 0. The smallest absolute Gasteiger partial charge is 0.307 e. The van der Waals surface area contributed by atoms with Crippen LogP contribution in [0.3, 0.4) is 0 Å². The van der Waals surface area contributed by atoms with E-state index in [1.807, 2.05) is 25.1 Å². The van der Waals surface area contributed by atoms with Gasteiger partial charge in [-0.05, 0) is 25.0 Å². The molecule has 0 aromatic heterocycles. The van der Waals surface area contributed by atoms with E-state index in [0.29, 0.717) is 0 Å². The Labute approximate surface area is 88.7 Å². The van der Waals surface area contributed by atoms with Crippen LogP contribution in [0.5, 0.6) is 5.75 Å². The third-order valence-electron chi connectivity index (χ3n) is 2.98. The highest BCUT2D eigenvalue weighted by atomic mass is 16.5. The monoisotopic (exact) mass is 206 g/mol. The van der Waals surface area contributed by atoms with Crippen LogP contribution in [-0.4, -0.2) is 18.2 Å². The van der Waals surface area contributed by atoms with Gasteiger partial charge in [-0.1, -0.05) is 12.1 Å². The Morgan fingerprint density at radius 1 is 1.53 bits per heavy atom. The molecule has 3 heteroatoms. The molecule has 0 saturated heterocycles. The molecule has 1 aliphatic rings. The molecule has 1 saturated carbocycles. The topological polar surface area (TPSA) is 46.5 Å². The van der Waals surface area contributed by atoms with Crippen LogP contribution in [0, 0.1) is 12.8 Å². The van der Waals surface area contributed by atoms with E-state index < -0.39 is 5.97 Å². The van der Waals surface area contributed by atoms with E-state index in [4.69, 9.17) is 9.84 Å².